The maximum absolute atomic E-state index is 13.2. The van der Waals surface area contributed by atoms with E-state index in [0.717, 1.165) is 5.69 Å². The lowest BCUT2D eigenvalue weighted by Crippen LogP contribution is -2.54. The van der Waals surface area contributed by atoms with Crippen LogP contribution in [0.2, 0.25) is 0 Å². The van der Waals surface area contributed by atoms with E-state index in [4.69, 9.17) is 4.74 Å². The number of ether oxygens (including phenoxy) is 1. The van der Waals surface area contributed by atoms with E-state index in [9.17, 15) is 14.7 Å². The van der Waals surface area contributed by atoms with Gasteiger partial charge in [0.15, 0.2) is 0 Å². The highest BCUT2D eigenvalue weighted by molar-refractivity contribution is 8.01. The first-order valence-corrected chi connectivity index (χ1v) is 8.62. The summed E-state index contributed by atoms with van der Waals surface area (Å²) in [5.74, 6) is -0.377. The minimum atomic E-state index is -1.27. The zero-order valence-corrected chi connectivity index (χ0v) is 13.7. The molecule has 3 atom stereocenters. The van der Waals surface area contributed by atoms with Crippen molar-refractivity contribution in [2.45, 2.75) is 23.7 Å². The van der Waals surface area contributed by atoms with Crippen LogP contribution >= 0.6 is 11.8 Å². The highest BCUT2D eigenvalue weighted by atomic mass is 32.2. The van der Waals surface area contributed by atoms with E-state index < -0.39 is 22.7 Å². The maximum Gasteiger partial charge on any atom is 0.320 e. The highest BCUT2D eigenvalue weighted by Crippen LogP contribution is 2.54. The minimum absolute atomic E-state index is 0.244. The standard InChI is InChI=1S/C17H19NO4S/c1-3-9-18-12-8-6-5-7-11(12)17(16(18)21)13(19)10-23-14(17)15(20)22-4-2/h3,5-8,13-14,19H,1,4,9-10H2,2H3/t13-,14+,17-/m0/s1. The fourth-order valence-electron chi connectivity index (χ4n) is 3.49. The van der Waals surface area contributed by atoms with E-state index in [1.165, 1.54) is 11.8 Å². The van der Waals surface area contributed by atoms with Crippen molar-refractivity contribution in [1.29, 1.82) is 0 Å². The number of benzene rings is 1. The predicted octanol–water partition coefficient (Wildman–Crippen LogP) is 1.50. The molecule has 6 heteroatoms. The summed E-state index contributed by atoms with van der Waals surface area (Å²) in [6, 6.07) is 7.32. The zero-order valence-electron chi connectivity index (χ0n) is 12.9. The Balaban J connectivity index is 2.16. The van der Waals surface area contributed by atoms with Crippen LogP contribution in [0, 0.1) is 0 Å². The van der Waals surface area contributed by atoms with Gasteiger partial charge in [0.1, 0.15) is 10.7 Å². The van der Waals surface area contributed by atoms with Gasteiger partial charge in [-0.3, -0.25) is 9.59 Å². The van der Waals surface area contributed by atoms with Gasteiger partial charge in [-0.2, -0.15) is 0 Å². The van der Waals surface area contributed by atoms with Crippen LogP contribution in [0.5, 0.6) is 0 Å². The second-order valence-electron chi connectivity index (χ2n) is 5.57. The molecule has 0 unspecified atom stereocenters. The number of nitrogens with zero attached hydrogens (tertiary/aromatic N) is 1. The van der Waals surface area contributed by atoms with Gasteiger partial charge in [0, 0.05) is 18.0 Å². The molecule has 0 radical (unpaired) electrons. The van der Waals surface area contributed by atoms with Gasteiger partial charge >= 0.3 is 5.97 Å². The zero-order chi connectivity index (χ0) is 16.6. The van der Waals surface area contributed by atoms with Crippen molar-refractivity contribution in [3.63, 3.8) is 0 Å². The van der Waals surface area contributed by atoms with Gasteiger partial charge in [-0.15, -0.1) is 18.3 Å². The van der Waals surface area contributed by atoms with Gasteiger partial charge in [-0.25, -0.2) is 0 Å². The number of thioether (sulfide) groups is 1. The van der Waals surface area contributed by atoms with Crippen molar-refractivity contribution in [3.05, 3.63) is 42.5 Å². The molecule has 0 aromatic heterocycles. The van der Waals surface area contributed by atoms with Crippen LogP contribution in [0.4, 0.5) is 5.69 Å². The van der Waals surface area contributed by atoms with Crippen molar-refractivity contribution < 1.29 is 19.4 Å². The van der Waals surface area contributed by atoms with Crippen LogP contribution in [0.1, 0.15) is 12.5 Å². The molecule has 1 saturated heterocycles. The summed E-state index contributed by atoms with van der Waals surface area (Å²) < 4.78 is 5.16. The van der Waals surface area contributed by atoms with Crippen LogP contribution in [0.15, 0.2) is 36.9 Å². The summed E-state index contributed by atoms with van der Waals surface area (Å²) in [6.07, 6.45) is 0.715. The third-order valence-corrected chi connectivity index (χ3v) is 5.82. The Labute approximate surface area is 139 Å². The number of hydrogen-bond donors (Lipinski definition) is 1. The molecule has 2 aliphatic rings. The molecule has 3 rings (SSSR count). The summed E-state index contributed by atoms with van der Waals surface area (Å²) in [5, 5.41) is 9.93. The summed E-state index contributed by atoms with van der Waals surface area (Å²) in [7, 11) is 0. The van der Waals surface area contributed by atoms with E-state index in [1.807, 2.05) is 24.3 Å². The summed E-state index contributed by atoms with van der Waals surface area (Å²) in [4.78, 5) is 27.2. The third kappa shape index (κ3) is 2.12. The number of rotatable bonds is 4. The summed E-state index contributed by atoms with van der Waals surface area (Å²) >= 11 is 1.28. The predicted molar refractivity (Wildman–Crippen MR) is 89.6 cm³/mol. The molecular formula is C17H19NO4S. The number of hydrogen-bond acceptors (Lipinski definition) is 5. The van der Waals surface area contributed by atoms with Gasteiger partial charge in [0.2, 0.25) is 5.91 Å². The van der Waals surface area contributed by atoms with E-state index in [0.29, 0.717) is 17.9 Å². The second-order valence-corrected chi connectivity index (χ2v) is 6.71. The van der Waals surface area contributed by atoms with Crippen molar-refractivity contribution in [3.8, 4) is 0 Å². The minimum Gasteiger partial charge on any atom is -0.465 e. The molecule has 1 fully saturated rings. The quantitative estimate of drug-likeness (QED) is 0.668. The molecule has 2 aliphatic heterocycles. The van der Waals surface area contributed by atoms with Crippen LogP contribution in [-0.2, 0) is 19.7 Å². The Morgan fingerprint density at radius 1 is 1.57 bits per heavy atom. The lowest BCUT2D eigenvalue weighted by molar-refractivity contribution is -0.147. The third-order valence-electron chi connectivity index (χ3n) is 4.41. The SMILES string of the molecule is C=CCN1C(=O)[C@]2(c3ccccc31)[C@@H](C(=O)OCC)SC[C@@H]2O. The molecule has 5 nitrogen and oxygen atoms in total. The van der Waals surface area contributed by atoms with Crippen molar-refractivity contribution in [2.75, 3.05) is 23.8 Å². The van der Waals surface area contributed by atoms with E-state index >= 15 is 0 Å². The molecule has 0 saturated carbocycles. The lowest BCUT2D eigenvalue weighted by atomic mass is 9.74. The molecule has 1 aromatic rings. The van der Waals surface area contributed by atoms with E-state index in [1.54, 1.807) is 17.9 Å². The van der Waals surface area contributed by atoms with Gasteiger partial charge in [-0.05, 0) is 18.6 Å². The number of esters is 1. The average Bonchev–Trinajstić information content (AvgIpc) is 3.01. The largest absolute Gasteiger partial charge is 0.465 e. The second kappa shape index (κ2) is 6.02. The molecular weight excluding hydrogens is 314 g/mol. The molecule has 1 amide bonds. The summed E-state index contributed by atoms with van der Waals surface area (Å²) in [6.45, 7) is 6.01. The number of aliphatic hydroxyl groups is 1. The Bertz CT molecular complexity index is 662. The monoisotopic (exact) mass is 333 g/mol. The Kier molecular flexibility index (Phi) is 4.21. The fourth-order valence-corrected chi connectivity index (χ4v) is 4.98. The first kappa shape index (κ1) is 16.1. The van der Waals surface area contributed by atoms with E-state index in [2.05, 4.69) is 6.58 Å². The van der Waals surface area contributed by atoms with Crippen LogP contribution in [0.25, 0.3) is 0 Å². The number of fused-ring (bicyclic) bond motifs is 2. The van der Waals surface area contributed by atoms with Gasteiger partial charge in [-0.1, -0.05) is 24.3 Å². The highest BCUT2D eigenvalue weighted by Gasteiger charge is 2.65. The van der Waals surface area contributed by atoms with E-state index in [-0.39, 0.29) is 12.5 Å². The Hall–Kier alpha value is -1.79. The smallest absolute Gasteiger partial charge is 0.320 e. The average molecular weight is 333 g/mol. The number of carbonyl (C=O) groups excluding carboxylic acids is 2. The molecule has 0 bridgehead atoms. The number of carbonyl (C=O) groups is 2. The number of aliphatic hydroxyl groups excluding tert-OH is 1. The van der Waals surface area contributed by atoms with Crippen LogP contribution in [-0.4, -0.2) is 47.2 Å². The Morgan fingerprint density at radius 2 is 2.30 bits per heavy atom. The number of anilines is 1. The van der Waals surface area contributed by atoms with Crippen molar-refractivity contribution >= 4 is 29.3 Å². The van der Waals surface area contributed by atoms with Gasteiger partial charge in [0.05, 0.1) is 12.7 Å². The van der Waals surface area contributed by atoms with Crippen molar-refractivity contribution in [1.82, 2.24) is 0 Å². The molecule has 1 aromatic carbocycles. The topological polar surface area (TPSA) is 66.8 Å². The molecule has 0 aliphatic carbocycles. The molecule has 23 heavy (non-hydrogen) atoms. The summed E-state index contributed by atoms with van der Waals surface area (Å²) in [5.41, 5.74) is 0.159. The first-order chi connectivity index (χ1) is 11.1. The van der Waals surface area contributed by atoms with Gasteiger partial charge < -0.3 is 14.7 Å². The number of amides is 1. The molecule has 1 spiro atoms. The van der Waals surface area contributed by atoms with Crippen LogP contribution < -0.4 is 4.90 Å². The maximum atomic E-state index is 13.2. The fraction of sp³-hybridized carbons (Fsp3) is 0.412. The normalized spacial score (nSPS) is 29.0. The Morgan fingerprint density at radius 3 is 3.00 bits per heavy atom. The van der Waals surface area contributed by atoms with Gasteiger partial charge in [0.25, 0.3) is 0 Å². The first-order valence-electron chi connectivity index (χ1n) is 7.57. The van der Waals surface area contributed by atoms with Crippen LogP contribution in [0.3, 0.4) is 0 Å². The number of para-hydroxylation sites is 1. The molecule has 1 N–H and O–H groups in total. The van der Waals surface area contributed by atoms with Crippen molar-refractivity contribution in [2.24, 2.45) is 0 Å². The molecule has 2 heterocycles. The lowest BCUT2D eigenvalue weighted by Gasteiger charge is -2.31. The molecule has 122 valence electrons.